The fourth-order valence-electron chi connectivity index (χ4n) is 1.90. The molecule has 2 N–H and O–H groups in total. The summed E-state index contributed by atoms with van der Waals surface area (Å²) >= 11 is 0. The van der Waals surface area contributed by atoms with Gasteiger partial charge in [-0.15, -0.1) is 0 Å². The Balaban J connectivity index is 4.42. The van der Waals surface area contributed by atoms with Crippen molar-refractivity contribution in [2.45, 2.75) is 50.8 Å². The molecule has 0 aliphatic rings. The molecule has 0 aromatic rings. The van der Waals surface area contributed by atoms with Gasteiger partial charge >= 0.3 is 0 Å². The summed E-state index contributed by atoms with van der Waals surface area (Å²) in [6.45, 7) is 4.39. The maximum Gasteiger partial charge on any atom is 0.154 e. The molecule has 0 fully saturated rings. The first-order valence-electron chi connectivity index (χ1n) is 5.95. The molecule has 0 spiro atoms. The molecule has 98 valence electrons. The van der Waals surface area contributed by atoms with Crippen molar-refractivity contribution in [2.75, 3.05) is 19.5 Å². The second kappa shape index (κ2) is 8.03. The molecule has 2 unspecified atom stereocenters. The van der Waals surface area contributed by atoms with Crippen LogP contribution in [0.5, 0.6) is 0 Å². The lowest BCUT2D eigenvalue weighted by atomic mass is 10.1. The van der Waals surface area contributed by atoms with Gasteiger partial charge in [-0.25, -0.2) is 8.42 Å². The van der Waals surface area contributed by atoms with E-state index in [9.17, 15) is 8.42 Å². The van der Waals surface area contributed by atoms with E-state index < -0.39 is 15.1 Å². The Bertz CT molecular complexity index is 264. The van der Waals surface area contributed by atoms with Gasteiger partial charge in [-0.1, -0.05) is 20.3 Å². The first kappa shape index (κ1) is 15.9. The van der Waals surface area contributed by atoms with Crippen molar-refractivity contribution in [1.82, 2.24) is 0 Å². The molecule has 16 heavy (non-hydrogen) atoms. The van der Waals surface area contributed by atoms with Gasteiger partial charge in [0.2, 0.25) is 0 Å². The Hall–Kier alpha value is -0.130. The number of rotatable bonds is 9. The summed E-state index contributed by atoms with van der Waals surface area (Å²) in [7, 11) is -1.49. The van der Waals surface area contributed by atoms with Crippen LogP contribution in [0.3, 0.4) is 0 Å². The first-order valence-corrected chi connectivity index (χ1v) is 7.67. The summed E-state index contributed by atoms with van der Waals surface area (Å²) in [6, 6.07) is -0.234. The predicted octanol–water partition coefficient (Wildman–Crippen LogP) is 1.34. The van der Waals surface area contributed by atoms with Crippen LogP contribution in [0.4, 0.5) is 0 Å². The van der Waals surface area contributed by atoms with Crippen LogP contribution in [0.2, 0.25) is 0 Å². The molecule has 0 radical (unpaired) electrons. The normalized spacial score (nSPS) is 16.0. The lowest BCUT2D eigenvalue weighted by molar-refractivity contribution is 0.199. The molecular formula is C11H25NO3S. The largest absolute Gasteiger partial charge is 0.385 e. The third kappa shape index (κ3) is 5.27. The van der Waals surface area contributed by atoms with E-state index >= 15 is 0 Å². The average Bonchev–Trinajstić information content (AvgIpc) is 2.18. The number of nitrogens with two attached hydrogens (primary N) is 1. The summed E-state index contributed by atoms with van der Waals surface area (Å²) in [4.78, 5) is 0. The number of methoxy groups -OCH3 is 1. The predicted molar refractivity (Wildman–Crippen MR) is 67.2 cm³/mol. The van der Waals surface area contributed by atoms with Crippen LogP contribution in [-0.4, -0.2) is 39.2 Å². The summed E-state index contributed by atoms with van der Waals surface area (Å²) in [5.41, 5.74) is 5.92. The van der Waals surface area contributed by atoms with Crippen molar-refractivity contribution in [3.8, 4) is 0 Å². The maximum absolute atomic E-state index is 12.0. The highest BCUT2D eigenvalue weighted by molar-refractivity contribution is 7.92. The quantitative estimate of drug-likeness (QED) is 0.628. The minimum absolute atomic E-state index is 0.177. The molecule has 0 rings (SSSR count). The monoisotopic (exact) mass is 251 g/mol. The highest BCUT2D eigenvalue weighted by atomic mass is 32.2. The molecule has 0 amide bonds. The molecule has 0 saturated heterocycles. The van der Waals surface area contributed by atoms with E-state index in [2.05, 4.69) is 0 Å². The molecule has 4 nitrogen and oxygen atoms in total. The van der Waals surface area contributed by atoms with Gasteiger partial charge in [0.15, 0.2) is 9.84 Å². The Morgan fingerprint density at radius 2 is 1.94 bits per heavy atom. The fraction of sp³-hybridized carbons (Fsp3) is 1.00. The number of ether oxygens (including phenoxy) is 1. The molecule has 5 heteroatoms. The first-order chi connectivity index (χ1) is 7.49. The average molecular weight is 251 g/mol. The number of hydrogen-bond acceptors (Lipinski definition) is 4. The number of sulfone groups is 1. The van der Waals surface area contributed by atoms with Gasteiger partial charge in [0, 0.05) is 19.8 Å². The minimum Gasteiger partial charge on any atom is -0.385 e. The molecule has 0 bridgehead atoms. The van der Waals surface area contributed by atoms with E-state index in [1.165, 1.54) is 0 Å². The highest BCUT2D eigenvalue weighted by Crippen LogP contribution is 2.15. The summed E-state index contributed by atoms with van der Waals surface area (Å²) < 4.78 is 28.9. The Kier molecular flexibility index (Phi) is 7.97. The summed E-state index contributed by atoms with van der Waals surface area (Å²) in [5, 5.41) is -0.399. The molecule has 0 aliphatic heterocycles. The lowest BCUT2D eigenvalue weighted by Gasteiger charge is -2.22. The van der Waals surface area contributed by atoms with E-state index in [0.29, 0.717) is 19.4 Å². The van der Waals surface area contributed by atoms with Crippen LogP contribution in [0.15, 0.2) is 0 Å². The molecule has 0 aromatic heterocycles. The highest BCUT2D eigenvalue weighted by Gasteiger charge is 2.28. The Morgan fingerprint density at radius 1 is 1.31 bits per heavy atom. The van der Waals surface area contributed by atoms with Gasteiger partial charge in [0.1, 0.15) is 0 Å². The van der Waals surface area contributed by atoms with Crippen LogP contribution in [0.25, 0.3) is 0 Å². The Labute approximate surface area is 99.5 Å². The van der Waals surface area contributed by atoms with Gasteiger partial charge in [0.05, 0.1) is 11.0 Å². The standard InChI is InChI=1S/C11H25NO3S/c1-4-7-10(12)11(5-2)16(13,14)9-6-8-15-3/h10-11H,4-9,12H2,1-3H3. The van der Waals surface area contributed by atoms with Crippen molar-refractivity contribution in [3.05, 3.63) is 0 Å². The molecule has 0 aliphatic carbocycles. The van der Waals surface area contributed by atoms with Crippen molar-refractivity contribution in [1.29, 1.82) is 0 Å². The molecule has 0 heterocycles. The van der Waals surface area contributed by atoms with Gasteiger partial charge in [-0.2, -0.15) is 0 Å². The minimum atomic E-state index is -3.07. The molecule has 0 saturated carbocycles. The van der Waals surface area contributed by atoms with Crippen LogP contribution in [-0.2, 0) is 14.6 Å². The van der Waals surface area contributed by atoms with Crippen LogP contribution < -0.4 is 5.73 Å². The van der Waals surface area contributed by atoms with E-state index in [-0.39, 0.29) is 11.8 Å². The van der Waals surface area contributed by atoms with Gasteiger partial charge in [-0.05, 0) is 19.3 Å². The SMILES string of the molecule is CCCC(N)C(CC)S(=O)(=O)CCCOC. The smallest absolute Gasteiger partial charge is 0.154 e. The number of hydrogen-bond donors (Lipinski definition) is 1. The van der Waals surface area contributed by atoms with Crippen LogP contribution >= 0.6 is 0 Å². The van der Waals surface area contributed by atoms with Crippen LogP contribution in [0.1, 0.15) is 39.5 Å². The van der Waals surface area contributed by atoms with E-state index in [1.54, 1.807) is 7.11 Å². The third-order valence-electron chi connectivity index (χ3n) is 2.74. The second-order valence-corrected chi connectivity index (χ2v) is 6.45. The van der Waals surface area contributed by atoms with Crippen molar-refractivity contribution in [2.24, 2.45) is 5.73 Å². The van der Waals surface area contributed by atoms with Gasteiger partial charge < -0.3 is 10.5 Å². The lowest BCUT2D eigenvalue weighted by Crippen LogP contribution is -2.41. The van der Waals surface area contributed by atoms with E-state index in [4.69, 9.17) is 10.5 Å². The molecule has 0 aromatic carbocycles. The Morgan fingerprint density at radius 3 is 2.38 bits per heavy atom. The van der Waals surface area contributed by atoms with Crippen molar-refractivity contribution in [3.63, 3.8) is 0 Å². The second-order valence-electron chi connectivity index (χ2n) is 4.11. The zero-order valence-electron chi connectivity index (χ0n) is 10.6. The van der Waals surface area contributed by atoms with E-state index in [1.807, 2.05) is 13.8 Å². The van der Waals surface area contributed by atoms with Crippen molar-refractivity contribution >= 4 is 9.84 Å². The topological polar surface area (TPSA) is 69.4 Å². The fourth-order valence-corrected chi connectivity index (χ4v) is 3.90. The zero-order valence-corrected chi connectivity index (χ0v) is 11.4. The van der Waals surface area contributed by atoms with Gasteiger partial charge in [-0.3, -0.25) is 0 Å². The maximum atomic E-state index is 12.0. The van der Waals surface area contributed by atoms with Crippen LogP contribution in [0, 0.1) is 0 Å². The summed E-state index contributed by atoms with van der Waals surface area (Å²) in [5.74, 6) is 0.177. The van der Waals surface area contributed by atoms with E-state index in [0.717, 1.165) is 12.8 Å². The molecular weight excluding hydrogens is 226 g/mol. The van der Waals surface area contributed by atoms with Crippen molar-refractivity contribution < 1.29 is 13.2 Å². The molecule has 2 atom stereocenters. The summed E-state index contributed by atoms with van der Waals surface area (Å²) in [6.07, 6.45) is 2.83. The zero-order chi connectivity index (χ0) is 12.6. The third-order valence-corrected chi connectivity index (χ3v) is 5.20. The van der Waals surface area contributed by atoms with Gasteiger partial charge in [0.25, 0.3) is 0 Å².